The molecule has 1 unspecified atom stereocenters. The lowest BCUT2D eigenvalue weighted by Gasteiger charge is -2.39. The van der Waals surface area contributed by atoms with E-state index in [0.29, 0.717) is 25.0 Å². The Kier molecular flexibility index (Phi) is 6.43. The molecule has 5 rings (SSSR count). The van der Waals surface area contributed by atoms with Crippen molar-refractivity contribution in [2.24, 2.45) is 11.3 Å². The van der Waals surface area contributed by atoms with Gasteiger partial charge in [0.05, 0.1) is 16.2 Å². The number of aromatic carboxylic acids is 1. The summed E-state index contributed by atoms with van der Waals surface area (Å²) >= 11 is 0. The van der Waals surface area contributed by atoms with Crippen LogP contribution in [-0.4, -0.2) is 48.1 Å². The Morgan fingerprint density at radius 2 is 1.83 bits per heavy atom. The van der Waals surface area contributed by atoms with Crippen molar-refractivity contribution in [2.75, 3.05) is 11.3 Å². The smallest absolute Gasteiger partial charge is 0.335 e. The molecule has 1 spiro atoms. The van der Waals surface area contributed by atoms with Gasteiger partial charge in [0.15, 0.2) is 0 Å². The quantitative estimate of drug-likeness (QED) is 0.252. The van der Waals surface area contributed by atoms with E-state index >= 15 is 0 Å². The van der Waals surface area contributed by atoms with Crippen LogP contribution in [0.1, 0.15) is 74.2 Å². The molecule has 1 atom stereocenters. The van der Waals surface area contributed by atoms with E-state index in [-0.39, 0.29) is 34.8 Å². The van der Waals surface area contributed by atoms with Crippen LogP contribution in [0, 0.1) is 25.2 Å². The fourth-order valence-electron chi connectivity index (χ4n) is 4.92. The van der Waals surface area contributed by atoms with Crippen molar-refractivity contribution in [3.8, 4) is 17.1 Å². The zero-order valence-electron chi connectivity index (χ0n) is 28.5. The number of nitrogens with zero attached hydrogens (tertiary/aromatic N) is 2. The van der Waals surface area contributed by atoms with Gasteiger partial charge in [0.2, 0.25) is 11.8 Å². The van der Waals surface area contributed by atoms with Gasteiger partial charge in [-0.15, -0.1) is 0 Å². The molecule has 0 bridgehead atoms. The number of aromatic nitrogens is 2. The Hall–Kier alpha value is -3.50. The van der Waals surface area contributed by atoms with Crippen LogP contribution < -0.4 is 14.8 Å². The summed E-state index contributed by atoms with van der Waals surface area (Å²) in [5, 5.41) is 12.3. The van der Waals surface area contributed by atoms with E-state index in [2.05, 4.69) is 20.0 Å². The molecule has 0 aliphatic heterocycles. The van der Waals surface area contributed by atoms with Gasteiger partial charge in [-0.2, -0.15) is 4.98 Å². The second-order valence-electron chi connectivity index (χ2n) is 11.1. The highest BCUT2D eigenvalue weighted by molar-refractivity contribution is 7.92. The fourth-order valence-corrected chi connectivity index (χ4v) is 5.91. The molecular formula is C31H38N4O5S. The number of rotatable bonds is 12. The number of aryl methyl sites for hydroxylation is 2. The Morgan fingerprint density at radius 3 is 2.46 bits per heavy atom. The molecule has 0 amide bonds. The van der Waals surface area contributed by atoms with Crippen molar-refractivity contribution in [3.63, 3.8) is 0 Å². The maximum Gasteiger partial charge on any atom is 0.335 e. The predicted molar refractivity (Wildman–Crippen MR) is 158 cm³/mol. The molecule has 2 saturated carbocycles. The second-order valence-corrected chi connectivity index (χ2v) is 12.8. The van der Waals surface area contributed by atoms with E-state index in [9.17, 15) is 18.3 Å². The number of carbonyl (C=O) groups is 1. The minimum absolute atomic E-state index is 0.00230. The molecule has 3 aromatic rings. The largest absolute Gasteiger partial charge is 0.478 e. The molecule has 41 heavy (non-hydrogen) atoms. The number of carboxylic acid groups (broad SMARTS) is 1. The number of sulfonamides is 1. The lowest BCUT2D eigenvalue weighted by Crippen LogP contribution is -2.49. The predicted octanol–water partition coefficient (Wildman–Crippen LogP) is 5.59. The molecule has 218 valence electrons. The van der Waals surface area contributed by atoms with Crippen molar-refractivity contribution in [1.82, 2.24) is 15.3 Å². The Balaban J connectivity index is 1.47. The van der Waals surface area contributed by atoms with Gasteiger partial charge >= 0.3 is 5.97 Å². The summed E-state index contributed by atoms with van der Waals surface area (Å²) < 4.78 is 78.4. The standard InChI is InChI=1S/C31H38N4O5S/c1-19(2)13-23(32-24-16-31(17-24)11-12-31)18-40-27-15-26(28-20(3)7-5-8-21(28)4)33-30(34-27)35-41(38,39)25-10-6-9-22(14-25)29(36)37/h5-10,14-15,19,23-24,32H,11-13,16-18H2,1-4H3,(H,36,37)(H,33,34,35)/i16D2,17D2,24D. The number of carboxylic acids is 1. The first-order valence-electron chi connectivity index (χ1n) is 16.1. The van der Waals surface area contributed by atoms with Gasteiger partial charge in [-0.3, -0.25) is 0 Å². The van der Waals surface area contributed by atoms with Crippen LogP contribution in [0.2, 0.25) is 0 Å². The van der Waals surface area contributed by atoms with E-state index in [1.165, 1.54) is 18.2 Å². The van der Waals surface area contributed by atoms with Crippen molar-refractivity contribution in [1.29, 1.82) is 0 Å². The number of nitrogens with one attached hydrogen (secondary N) is 2. The number of benzene rings is 2. The minimum atomic E-state index is -4.32. The van der Waals surface area contributed by atoms with Crippen LogP contribution in [0.4, 0.5) is 5.95 Å². The minimum Gasteiger partial charge on any atom is -0.478 e. The molecule has 1 heterocycles. The maximum absolute atomic E-state index is 13.3. The second kappa shape index (κ2) is 11.4. The van der Waals surface area contributed by atoms with E-state index in [4.69, 9.17) is 11.6 Å². The summed E-state index contributed by atoms with van der Waals surface area (Å²) in [6, 6.07) is 9.25. The number of ether oxygens (including phenoxy) is 1. The molecule has 0 saturated heterocycles. The van der Waals surface area contributed by atoms with Crippen LogP contribution in [0.3, 0.4) is 0 Å². The molecule has 9 nitrogen and oxygen atoms in total. The third-order valence-corrected chi connectivity index (χ3v) is 8.40. The molecule has 2 fully saturated rings. The molecule has 1 aromatic heterocycles. The summed E-state index contributed by atoms with van der Waals surface area (Å²) in [6.07, 6.45) is -2.96. The number of hydrogen-bond acceptors (Lipinski definition) is 7. The van der Waals surface area contributed by atoms with Crippen molar-refractivity contribution < 1.29 is 29.9 Å². The first-order chi connectivity index (χ1) is 21.3. The van der Waals surface area contributed by atoms with E-state index < -0.39 is 46.2 Å². The Bertz CT molecular complexity index is 1740. The third-order valence-electron chi connectivity index (χ3n) is 7.07. The Labute approximate surface area is 248 Å². The van der Waals surface area contributed by atoms with E-state index in [1.54, 1.807) is 6.07 Å². The zero-order chi connectivity index (χ0) is 33.9. The lowest BCUT2D eigenvalue weighted by atomic mass is 9.76. The highest BCUT2D eigenvalue weighted by Crippen LogP contribution is 2.60. The average Bonchev–Trinajstić information content (AvgIpc) is 3.79. The first-order valence-corrected chi connectivity index (χ1v) is 15.1. The van der Waals surface area contributed by atoms with Gasteiger partial charge in [0.25, 0.3) is 10.0 Å². The van der Waals surface area contributed by atoms with Crippen LogP contribution in [0.25, 0.3) is 11.3 Å². The molecule has 2 aliphatic rings. The van der Waals surface area contributed by atoms with Crippen LogP contribution in [-0.2, 0) is 10.0 Å². The summed E-state index contributed by atoms with van der Waals surface area (Å²) in [5.74, 6) is -1.51. The van der Waals surface area contributed by atoms with Crippen molar-refractivity contribution in [2.45, 2.75) is 76.7 Å². The topological polar surface area (TPSA) is 131 Å². The fraction of sp³-hybridized carbons (Fsp3) is 0.452. The molecular weight excluding hydrogens is 540 g/mol. The zero-order valence-corrected chi connectivity index (χ0v) is 24.3. The van der Waals surface area contributed by atoms with Gasteiger partial charge in [-0.05, 0) is 86.5 Å². The maximum atomic E-state index is 13.3. The molecule has 10 heteroatoms. The highest BCUT2D eigenvalue weighted by Gasteiger charge is 2.53. The lowest BCUT2D eigenvalue weighted by molar-refractivity contribution is 0.0696. The van der Waals surface area contributed by atoms with Gasteiger partial charge in [0.1, 0.15) is 6.61 Å². The first kappa shape index (κ1) is 23.1. The molecule has 2 aromatic carbocycles. The summed E-state index contributed by atoms with van der Waals surface area (Å²) in [7, 11) is -4.32. The van der Waals surface area contributed by atoms with Crippen LogP contribution in [0.15, 0.2) is 53.4 Å². The average molecular weight is 584 g/mol. The summed E-state index contributed by atoms with van der Waals surface area (Å²) in [6.45, 7) is 7.56. The molecule has 2 aliphatic carbocycles. The van der Waals surface area contributed by atoms with Gasteiger partial charge < -0.3 is 15.2 Å². The highest BCUT2D eigenvalue weighted by atomic mass is 32.2. The van der Waals surface area contributed by atoms with Crippen molar-refractivity contribution in [3.05, 3.63) is 65.2 Å². The van der Waals surface area contributed by atoms with Crippen LogP contribution >= 0.6 is 0 Å². The van der Waals surface area contributed by atoms with E-state index in [0.717, 1.165) is 22.8 Å². The number of anilines is 1. The summed E-state index contributed by atoms with van der Waals surface area (Å²) in [4.78, 5) is 19.9. The SMILES string of the molecule is [2H]C1([2H])C2(CC2)C([2H])([2H])C1([2H])NC(COc1cc(-c2c(C)cccc2C)nc(NS(=O)(=O)c2cccc(C(=O)O)c2)n1)CC(C)C. The monoisotopic (exact) mass is 583 g/mol. The van der Waals surface area contributed by atoms with Gasteiger partial charge in [-0.25, -0.2) is 22.9 Å². The molecule has 3 N–H and O–H groups in total. The van der Waals surface area contributed by atoms with E-state index in [1.807, 2.05) is 45.9 Å². The summed E-state index contributed by atoms with van der Waals surface area (Å²) in [5.41, 5.74) is 1.46. The van der Waals surface area contributed by atoms with Gasteiger partial charge in [0, 0.05) is 30.5 Å². The van der Waals surface area contributed by atoms with Crippen LogP contribution in [0.5, 0.6) is 5.88 Å². The van der Waals surface area contributed by atoms with Crippen molar-refractivity contribution >= 4 is 21.9 Å². The third kappa shape index (κ3) is 6.87. The Morgan fingerprint density at radius 1 is 1.15 bits per heavy atom. The van der Waals surface area contributed by atoms with Gasteiger partial charge in [-0.1, -0.05) is 38.1 Å². The normalized spacial score (nSPS) is 21.8. The molecule has 0 radical (unpaired) electrons. The number of hydrogen-bond donors (Lipinski definition) is 3.